The van der Waals surface area contributed by atoms with E-state index in [1.807, 2.05) is 23.0 Å². The normalized spacial score (nSPS) is 11.4. The van der Waals surface area contributed by atoms with E-state index in [-0.39, 0.29) is 0 Å². The number of nitrogens with zero attached hydrogens (tertiary/aromatic N) is 3. The Bertz CT molecular complexity index is 448. The smallest absolute Gasteiger partial charge is 0.156 e. The third-order valence-electron chi connectivity index (χ3n) is 1.98. The molecule has 0 radical (unpaired) electrons. The van der Waals surface area contributed by atoms with Gasteiger partial charge in [0, 0.05) is 18.5 Å². The average molecular weight is 254 g/mol. The highest BCUT2D eigenvalue weighted by molar-refractivity contribution is 9.10. The molecule has 0 aliphatic carbocycles. The summed E-state index contributed by atoms with van der Waals surface area (Å²) in [5.41, 5.74) is 2.10. The SMILES string of the molecule is CC(C)Cc1cnc2cc(Br)nn2c1. The van der Waals surface area contributed by atoms with Gasteiger partial charge >= 0.3 is 0 Å². The highest BCUT2D eigenvalue weighted by atomic mass is 79.9. The lowest BCUT2D eigenvalue weighted by atomic mass is 10.1. The molecule has 0 aliphatic rings. The molecule has 14 heavy (non-hydrogen) atoms. The summed E-state index contributed by atoms with van der Waals surface area (Å²) in [4.78, 5) is 4.33. The predicted molar refractivity (Wildman–Crippen MR) is 59.2 cm³/mol. The largest absolute Gasteiger partial charge is 0.237 e. The van der Waals surface area contributed by atoms with Crippen molar-refractivity contribution in [2.24, 2.45) is 5.92 Å². The molecule has 2 rings (SSSR count). The Balaban J connectivity index is 2.40. The minimum atomic E-state index is 0.647. The molecule has 0 aromatic carbocycles. The van der Waals surface area contributed by atoms with Gasteiger partial charge < -0.3 is 0 Å². The van der Waals surface area contributed by atoms with Crippen LogP contribution in [0.5, 0.6) is 0 Å². The van der Waals surface area contributed by atoms with Crippen LogP contribution in [-0.2, 0) is 6.42 Å². The zero-order valence-electron chi connectivity index (χ0n) is 8.24. The zero-order chi connectivity index (χ0) is 10.1. The van der Waals surface area contributed by atoms with Gasteiger partial charge in [0.1, 0.15) is 4.60 Å². The van der Waals surface area contributed by atoms with Crippen molar-refractivity contribution in [1.82, 2.24) is 14.6 Å². The van der Waals surface area contributed by atoms with Gasteiger partial charge in [0.05, 0.1) is 0 Å². The maximum absolute atomic E-state index is 4.33. The van der Waals surface area contributed by atoms with Gasteiger partial charge in [-0.3, -0.25) is 0 Å². The van der Waals surface area contributed by atoms with E-state index in [9.17, 15) is 0 Å². The molecular weight excluding hydrogens is 242 g/mol. The first kappa shape index (κ1) is 9.65. The van der Waals surface area contributed by atoms with Crippen molar-refractivity contribution in [3.8, 4) is 0 Å². The summed E-state index contributed by atoms with van der Waals surface area (Å²) >= 11 is 3.33. The van der Waals surface area contributed by atoms with E-state index in [0.29, 0.717) is 5.92 Å². The molecule has 0 N–H and O–H groups in total. The van der Waals surface area contributed by atoms with Crippen LogP contribution >= 0.6 is 15.9 Å². The molecule has 0 unspecified atom stereocenters. The molecule has 0 amide bonds. The second kappa shape index (κ2) is 3.69. The summed E-state index contributed by atoms with van der Waals surface area (Å²) in [6.45, 7) is 4.40. The van der Waals surface area contributed by atoms with Crippen molar-refractivity contribution in [1.29, 1.82) is 0 Å². The number of fused-ring (bicyclic) bond motifs is 1. The van der Waals surface area contributed by atoms with Gasteiger partial charge in [0.25, 0.3) is 0 Å². The Morgan fingerprint density at radius 1 is 1.50 bits per heavy atom. The number of hydrogen-bond acceptors (Lipinski definition) is 2. The third-order valence-corrected chi connectivity index (χ3v) is 2.37. The summed E-state index contributed by atoms with van der Waals surface area (Å²) in [7, 11) is 0. The van der Waals surface area contributed by atoms with Crippen LogP contribution in [-0.4, -0.2) is 14.6 Å². The molecule has 2 aromatic heterocycles. The van der Waals surface area contributed by atoms with E-state index in [0.717, 1.165) is 16.7 Å². The Morgan fingerprint density at radius 2 is 2.29 bits per heavy atom. The minimum Gasteiger partial charge on any atom is -0.237 e. The van der Waals surface area contributed by atoms with Gasteiger partial charge in [0.2, 0.25) is 0 Å². The van der Waals surface area contributed by atoms with Crippen LogP contribution in [0, 0.1) is 5.92 Å². The maximum atomic E-state index is 4.33. The first-order valence-corrected chi connectivity index (χ1v) is 5.44. The first-order valence-electron chi connectivity index (χ1n) is 4.65. The zero-order valence-corrected chi connectivity index (χ0v) is 9.82. The lowest BCUT2D eigenvalue weighted by Gasteiger charge is -2.03. The summed E-state index contributed by atoms with van der Waals surface area (Å²) in [6.07, 6.45) is 5.00. The third kappa shape index (κ3) is 1.95. The number of halogens is 1. The monoisotopic (exact) mass is 253 g/mol. The van der Waals surface area contributed by atoms with Crippen molar-refractivity contribution in [3.63, 3.8) is 0 Å². The van der Waals surface area contributed by atoms with Gasteiger partial charge in [0.15, 0.2) is 5.65 Å². The van der Waals surface area contributed by atoms with Crippen LogP contribution in [0.4, 0.5) is 0 Å². The van der Waals surface area contributed by atoms with Crippen LogP contribution in [0.2, 0.25) is 0 Å². The fourth-order valence-electron chi connectivity index (χ4n) is 1.46. The molecule has 0 atom stereocenters. The second-order valence-corrected chi connectivity index (χ2v) is 4.64. The maximum Gasteiger partial charge on any atom is 0.156 e. The molecule has 0 bridgehead atoms. The van der Waals surface area contributed by atoms with Crippen LogP contribution < -0.4 is 0 Å². The Hall–Kier alpha value is -0.900. The van der Waals surface area contributed by atoms with E-state index in [2.05, 4.69) is 39.9 Å². The molecule has 0 fully saturated rings. The fraction of sp³-hybridized carbons (Fsp3) is 0.400. The lowest BCUT2D eigenvalue weighted by molar-refractivity contribution is 0.641. The standard InChI is InChI=1S/C10H12BrN3/c1-7(2)3-8-5-12-10-4-9(11)13-14(10)6-8/h4-7H,3H2,1-2H3. The first-order chi connectivity index (χ1) is 6.65. The molecule has 2 aromatic rings. The van der Waals surface area contributed by atoms with Gasteiger partial charge in [-0.15, -0.1) is 0 Å². The van der Waals surface area contributed by atoms with Gasteiger partial charge in [-0.05, 0) is 33.8 Å². The van der Waals surface area contributed by atoms with Crippen molar-refractivity contribution < 1.29 is 0 Å². The predicted octanol–water partition coefficient (Wildman–Crippen LogP) is 2.69. The molecule has 0 spiro atoms. The molecule has 2 heterocycles. The average Bonchev–Trinajstić information content (AvgIpc) is 2.42. The highest BCUT2D eigenvalue weighted by Crippen LogP contribution is 2.12. The Morgan fingerprint density at radius 3 is 3.00 bits per heavy atom. The molecule has 3 nitrogen and oxygen atoms in total. The lowest BCUT2D eigenvalue weighted by Crippen LogP contribution is -1.98. The van der Waals surface area contributed by atoms with Crippen molar-refractivity contribution in [2.75, 3.05) is 0 Å². The quantitative estimate of drug-likeness (QED) is 0.824. The van der Waals surface area contributed by atoms with Crippen molar-refractivity contribution in [2.45, 2.75) is 20.3 Å². The van der Waals surface area contributed by atoms with Crippen LogP contribution in [0.3, 0.4) is 0 Å². The minimum absolute atomic E-state index is 0.647. The molecule has 74 valence electrons. The van der Waals surface area contributed by atoms with E-state index in [4.69, 9.17) is 0 Å². The number of hydrogen-bond donors (Lipinski definition) is 0. The molecule has 4 heteroatoms. The molecule has 0 aliphatic heterocycles. The molecular formula is C10H12BrN3. The van der Waals surface area contributed by atoms with E-state index in [1.165, 1.54) is 5.56 Å². The Labute approximate surface area is 91.3 Å². The van der Waals surface area contributed by atoms with Crippen molar-refractivity contribution >= 4 is 21.6 Å². The highest BCUT2D eigenvalue weighted by Gasteiger charge is 2.02. The van der Waals surface area contributed by atoms with Gasteiger partial charge in [-0.2, -0.15) is 5.10 Å². The summed E-state index contributed by atoms with van der Waals surface area (Å²) < 4.78 is 2.63. The molecule has 0 saturated heterocycles. The van der Waals surface area contributed by atoms with Gasteiger partial charge in [-0.1, -0.05) is 13.8 Å². The number of aromatic nitrogens is 3. The fourth-order valence-corrected chi connectivity index (χ4v) is 1.84. The van der Waals surface area contributed by atoms with E-state index in [1.54, 1.807) is 0 Å². The molecule has 0 saturated carbocycles. The van der Waals surface area contributed by atoms with Crippen LogP contribution in [0.1, 0.15) is 19.4 Å². The topological polar surface area (TPSA) is 30.2 Å². The van der Waals surface area contributed by atoms with E-state index < -0.39 is 0 Å². The Kier molecular flexibility index (Phi) is 2.54. The van der Waals surface area contributed by atoms with Gasteiger partial charge in [-0.25, -0.2) is 9.50 Å². The summed E-state index contributed by atoms with van der Waals surface area (Å²) in [5.74, 6) is 0.647. The summed E-state index contributed by atoms with van der Waals surface area (Å²) in [6, 6.07) is 1.90. The summed E-state index contributed by atoms with van der Waals surface area (Å²) in [5, 5.41) is 4.25. The van der Waals surface area contributed by atoms with Crippen LogP contribution in [0.15, 0.2) is 23.1 Å². The number of rotatable bonds is 2. The van der Waals surface area contributed by atoms with Crippen LogP contribution in [0.25, 0.3) is 5.65 Å². The second-order valence-electron chi connectivity index (χ2n) is 3.83. The van der Waals surface area contributed by atoms with Crippen molar-refractivity contribution in [3.05, 3.63) is 28.6 Å². The van der Waals surface area contributed by atoms with E-state index >= 15 is 0 Å².